The van der Waals surface area contributed by atoms with Crippen molar-refractivity contribution in [1.82, 2.24) is 14.7 Å². The van der Waals surface area contributed by atoms with Gasteiger partial charge in [0.25, 0.3) is 0 Å². The molecule has 266 valence electrons. The summed E-state index contributed by atoms with van der Waals surface area (Å²) < 4.78 is 0. The van der Waals surface area contributed by atoms with Crippen LogP contribution in [0.15, 0.2) is 180 Å². The van der Waals surface area contributed by atoms with Crippen molar-refractivity contribution < 1.29 is 0 Å². The van der Waals surface area contributed by atoms with Crippen molar-refractivity contribution in [3.05, 3.63) is 197 Å². The Bertz CT molecular complexity index is 1990. The maximum Gasteiger partial charge on any atom is 0.132 e. The summed E-state index contributed by atoms with van der Waals surface area (Å²) in [5, 5.41) is 0. The van der Waals surface area contributed by atoms with Crippen LogP contribution in [-0.2, 0) is 12.0 Å². The van der Waals surface area contributed by atoms with Crippen LogP contribution in [0.25, 0.3) is 16.7 Å². The Morgan fingerprint density at radius 1 is 0.827 bits per heavy atom. The fourth-order valence-corrected chi connectivity index (χ4v) is 6.84. The molecule has 0 atom stereocenters. The van der Waals surface area contributed by atoms with Gasteiger partial charge in [-0.2, -0.15) is 0 Å². The fourth-order valence-electron chi connectivity index (χ4n) is 6.84. The highest BCUT2D eigenvalue weighted by molar-refractivity contribution is 5.99. The van der Waals surface area contributed by atoms with Gasteiger partial charge in [0.1, 0.15) is 5.84 Å². The molecule has 0 radical (unpaired) electrons. The summed E-state index contributed by atoms with van der Waals surface area (Å²) in [6.45, 7) is 12.9. The molecule has 0 saturated carbocycles. The van der Waals surface area contributed by atoms with E-state index in [4.69, 9.17) is 4.99 Å². The summed E-state index contributed by atoms with van der Waals surface area (Å²) >= 11 is 0. The molecular weight excluding hydrogens is 633 g/mol. The Morgan fingerprint density at radius 3 is 2.12 bits per heavy atom. The molecule has 0 fully saturated rings. The second kappa shape index (κ2) is 17.7. The number of fused-ring (bicyclic) bond motifs is 1. The minimum Gasteiger partial charge on any atom is -0.370 e. The molecule has 0 aromatic heterocycles. The van der Waals surface area contributed by atoms with E-state index in [-0.39, 0.29) is 5.41 Å². The van der Waals surface area contributed by atoms with Gasteiger partial charge in [0.15, 0.2) is 0 Å². The van der Waals surface area contributed by atoms with Crippen molar-refractivity contribution in [2.24, 2.45) is 4.99 Å². The van der Waals surface area contributed by atoms with E-state index in [9.17, 15) is 0 Å². The van der Waals surface area contributed by atoms with Gasteiger partial charge in [0.2, 0.25) is 0 Å². The van der Waals surface area contributed by atoms with Crippen LogP contribution >= 0.6 is 0 Å². The van der Waals surface area contributed by atoms with Gasteiger partial charge in [-0.1, -0.05) is 160 Å². The van der Waals surface area contributed by atoms with E-state index in [1.807, 2.05) is 32.3 Å². The second-order valence-electron chi connectivity index (χ2n) is 14.2. The molecule has 0 saturated heterocycles. The third-order valence-electron chi connectivity index (χ3n) is 9.56. The van der Waals surface area contributed by atoms with E-state index < -0.39 is 0 Å². The summed E-state index contributed by atoms with van der Waals surface area (Å²) in [6, 6.07) is 38.4. The molecule has 6 rings (SSSR count). The highest BCUT2D eigenvalue weighted by Gasteiger charge is 2.37. The van der Waals surface area contributed by atoms with Gasteiger partial charge in [-0.3, -0.25) is 9.89 Å². The first-order chi connectivity index (χ1) is 25.1. The smallest absolute Gasteiger partial charge is 0.132 e. The average Bonchev–Trinajstić information content (AvgIpc) is 3.61. The van der Waals surface area contributed by atoms with Gasteiger partial charge in [-0.15, -0.1) is 0 Å². The van der Waals surface area contributed by atoms with Crippen LogP contribution in [0, 0.1) is 0 Å². The van der Waals surface area contributed by atoms with E-state index >= 15 is 0 Å². The molecule has 2 aliphatic rings. The summed E-state index contributed by atoms with van der Waals surface area (Å²) in [5.41, 5.74) is 13.0. The predicted octanol–water partition coefficient (Wildman–Crippen LogP) is 10.6. The number of hydrogen-bond donors (Lipinski definition) is 0. The van der Waals surface area contributed by atoms with Crippen molar-refractivity contribution in [3.8, 4) is 11.1 Å². The largest absolute Gasteiger partial charge is 0.370 e. The standard InChI is InChI=1S/C24H27N3.C24H27N/c1-26(2)19-25-24(27(3)18-20-10-6-4-7-11-20)23-16-14-22(15-17-23)21-12-8-5-9-13-21;1-6-8-9-12-18-15-19(25(5)17-18)16-23-20(7-2)21-13-10-11-14-22(21)24(23,3)4/h4-17H,18-19H2,1-3H3;6-16H,1,17H2,2-5H3/b25-24-;9-8-,18-12-,20-7-,23-16+. The van der Waals surface area contributed by atoms with Crippen molar-refractivity contribution in [2.75, 3.05) is 41.4 Å². The summed E-state index contributed by atoms with van der Waals surface area (Å²) in [6.07, 6.45) is 14.9. The zero-order valence-electron chi connectivity index (χ0n) is 32.1. The summed E-state index contributed by atoms with van der Waals surface area (Å²) in [7, 11) is 8.34. The number of hydrogen-bond acceptors (Lipinski definition) is 3. The lowest BCUT2D eigenvalue weighted by Gasteiger charge is -2.23. The zero-order chi connectivity index (χ0) is 37.1. The van der Waals surface area contributed by atoms with E-state index in [0.717, 1.165) is 24.5 Å². The average molecular weight is 687 g/mol. The highest BCUT2D eigenvalue weighted by atomic mass is 15.2. The Kier molecular flexibility index (Phi) is 12.8. The molecule has 0 amide bonds. The zero-order valence-corrected chi connectivity index (χ0v) is 32.1. The lowest BCUT2D eigenvalue weighted by Crippen LogP contribution is -2.28. The molecule has 4 aromatic rings. The predicted molar refractivity (Wildman–Crippen MR) is 224 cm³/mol. The molecule has 4 heteroatoms. The minimum absolute atomic E-state index is 0.0231. The van der Waals surface area contributed by atoms with E-state index in [1.54, 1.807) is 6.08 Å². The monoisotopic (exact) mass is 686 g/mol. The maximum absolute atomic E-state index is 4.86. The van der Waals surface area contributed by atoms with Crippen molar-refractivity contribution >= 4 is 11.4 Å². The van der Waals surface area contributed by atoms with E-state index in [2.05, 4.69) is 184 Å². The molecule has 0 N–H and O–H groups in total. The molecule has 4 aromatic carbocycles. The first kappa shape index (κ1) is 37.8. The third kappa shape index (κ3) is 9.25. The molecule has 0 unspecified atom stereocenters. The molecular formula is C48H54N4. The van der Waals surface area contributed by atoms with E-state index in [0.29, 0.717) is 6.67 Å². The first-order valence-electron chi connectivity index (χ1n) is 18.1. The number of nitrogens with zero attached hydrogens (tertiary/aromatic N) is 4. The third-order valence-corrected chi connectivity index (χ3v) is 9.56. The van der Waals surface area contributed by atoms with Gasteiger partial charge in [-0.25, -0.2) is 0 Å². The van der Waals surface area contributed by atoms with Crippen LogP contribution in [0.5, 0.6) is 0 Å². The quantitative estimate of drug-likeness (QED) is 0.0994. The van der Waals surface area contributed by atoms with Crippen LogP contribution in [0.1, 0.15) is 43.0 Å². The first-order valence-corrected chi connectivity index (χ1v) is 18.1. The number of aliphatic imine (C=N–C) groups is 1. The van der Waals surface area contributed by atoms with Crippen molar-refractivity contribution in [3.63, 3.8) is 0 Å². The Balaban J connectivity index is 0.000000202. The van der Waals surface area contributed by atoms with Crippen LogP contribution in [-0.4, -0.2) is 61.9 Å². The van der Waals surface area contributed by atoms with Crippen molar-refractivity contribution in [2.45, 2.75) is 32.7 Å². The number of likely N-dealkylation sites (N-methyl/N-ethyl adjacent to an activating group) is 1. The SMILES string of the molecule is C=C/C=C\C=C1C=C(/C=C2\C(=C/C)c3ccccc3C2(C)C)N(C)C\1.CN(C)C/N=C(/c1ccc(-c2ccccc2)cc1)N(C)Cc1ccccc1. The van der Waals surface area contributed by atoms with Gasteiger partial charge >= 0.3 is 0 Å². The fraction of sp³-hybridized carbons (Fsp3) is 0.229. The number of amidine groups is 1. The van der Waals surface area contributed by atoms with Crippen LogP contribution in [0.3, 0.4) is 0 Å². The number of rotatable bonds is 9. The summed E-state index contributed by atoms with van der Waals surface area (Å²) in [5.74, 6) is 1.01. The molecule has 52 heavy (non-hydrogen) atoms. The maximum atomic E-state index is 4.86. The molecule has 0 spiro atoms. The Labute approximate surface area is 312 Å². The normalized spacial score (nSPS) is 17.5. The lowest BCUT2D eigenvalue weighted by atomic mass is 9.81. The highest BCUT2D eigenvalue weighted by Crippen LogP contribution is 2.50. The second-order valence-corrected chi connectivity index (χ2v) is 14.2. The van der Waals surface area contributed by atoms with Gasteiger partial charge < -0.3 is 9.80 Å². The lowest BCUT2D eigenvalue weighted by molar-refractivity contribution is 0.416. The molecule has 4 nitrogen and oxygen atoms in total. The van der Waals surface area contributed by atoms with Crippen LogP contribution in [0.4, 0.5) is 0 Å². The van der Waals surface area contributed by atoms with E-state index in [1.165, 1.54) is 50.2 Å². The topological polar surface area (TPSA) is 22.1 Å². The molecule has 1 aliphatic heterocycles. The molecule has 1 aliphatic carbocycles. The molecule has 1 heterocycles. The van der Waals surface area contributed by atoms with Gasteiger partial charge in [-0.05, 0) is 77.7 Å². The molecule has 0 bridgehead atoms. The van der Waals surface area contributed by atoms with Crippen LogP contribution in [0.2, 0.25) is 0 Å². The van der Waals surface area contributed by atoms with Crippen LogP contribution < -0.4 is 0 Å². The number of benzene rings is 4. The summed E-state index contributed by atoms with van der Waals surface area (Å²) in [4.78, 5) is 11.5. The van der Waals surface area contributed by atoms with Gasteiger partial charge in [0, 0.05) is 43.9 Å². The minimum atomic E-state index is 0.0231. The Morgan fingerprint density at radius 2 is 1.46 bits per heavy atom. The Hall–Kier alpha value is -5.45. The number of allylic oxidation sites excluding steroid dienone is 8. The van der Waals surface area contributed by atoms with Gasteiger partial charge in [0.05, 0.1) is 6.67 Å². The van der Waals surface area contributed by atoms with Crippen molar-refractivity contribution in [1.29, 1.82) is 0 Å².